The Kier molecular flexibility index (Phi) is 4.43. The van der Waals surface area contributed by atoms with Gasteiger partial charge in [0.2, 0.25) is 17.7 Å². The smallest absolute Gasteiger partial charge is 0.241 e. The van der Waals surface area contributed by atoms with Crippen molar-refractivity contribution in [3.8, 4) is 0 Å². The van der Waals surface area contributed by atoms with E-state index in [-0.39, 0.29) is 36.0 Å². The number of nitrogens with zero attached hydrogens (tertiary/aromatic N) is 1. The molecule has 3 aliphatic rings. The van der Waals surface area contributed by atoms with Gasteiger partial charge in [-0.2, -0.15) is 0 Å². The molecular weight excluding hydrogens is 444 g/mol. The summed E-state index contributed by atoms with van der Waals surface area (Å²) in [5.74, 6) is -1.23. The lowest BCUT2D eigenvalue weighted by atomic mass is 9.67. The molecule has 0 spiro atoms. The van der Waals surface area contributed by atoms with E-state index in [0.29, 0.717) is 11.4 Å². The molecule has 1 saturated carbocycles. The number of rotatable bonds is 4. The minimum atomic E-state index is -1.00. The number of imide groups is 1. The average Bonchev–Trinajstić information content (AvgIpc) is 3.37. The molecule has 5 rings (SSSR count). The summed E-state index contributed by atoms with van der Waals surface area (Å²) >= 11 is 3.47. The number of para-hydroxylation sites is 1. The number of halogens is 1. The van der Waals surface area contributed by atoms with Crippen LogP contribution in [0.25, 0.3) is 0 Å². The van der Waals surface area contributed by atoms with Crippen LogP contribution in [0.4, 0.5) is 11.4 Å². The van der Waals surface area contributed by atoms with Crippen molar-refractivity contribution in [1.82, 2.24) is 0 Å². The van der Waals surface area contributed by atoms with Crippen molar-refractivity contribution in [3.63, 3.8) is 0 Å². The minimum Gasteiger partial charge on any atom is -0.326 e. The highest BCUT2D eigenvalue weighted by molar-refractivity contribution is 9.10. The maximum Gasteiger partial charge on any atom is 0.241 e. The van der Waals surface area contributed by atoms with E-state index in [0.717, 1.165) is 16.5 Å². The van der Waals surface area contributed by atoms with Crippen molar-refractivity contribution < 1.29 is 14.4 Å². The average molecular weight is 465 g/mol. The summed E-state index contributed by atoms with van der Waals surface area (Å²) in [7, 11) is 0. The van der Waals surface area contributed by atoms with E-state index < -0.39 is 11.3 Å². The van der Waals surface area contributed by atoms with Crippen molar-refractivity contribution in [3.05, 3.63) is 70.7 Å². The van der Waals surface area contributed by atoms with E-state index >= 15 is 0 Å². The second-order valence-electron chi connectivity index (χ2n) is 8.41. The SMILES string of the molecule is Cc1cc(N2C(=O)[C@@H]3[C@@H]4C=C[C@@H](C4)C3(CC(=O)Nc3ccccc3)C2=O)ccc1Br. The molecule has 1 aliphatic heterocycles. The fourth-order valence-electron chi connectivity index (χ4n) is 5.43. The van der Waals surface area contributed by atoms with Crippen LogP contribution in [0.5, 0.6) is 0 Å². The Morgan fingerprint density at radius 3 is 2.67 bits per heavy atom. The first-order valence-corrected chi connectivity index (χ1v) is 10.9. The molecule has 5 nitrogen and oxygen atoms in total. The summed E-state index contributed by atoms with van der Waals surface area (Å²) < 4.78 is 0.921. The first-order valence-electron chi connectivity index (χ1n) is 10.1. The molecular formula is C24H21BrN2O3. The van der Waals surface area contributed by atoms with Crippen molar-refractivity contribution in [2.75, 3.05) is 10.2 Å². The van der Waals surface area contributed by atoms with Gasteiger partial charge in [-0.25, -0.2) is 4.90 Å². The Balaban J connectivity index is 1.51. The van der Waals surface area contributed by atoms with E-state index in [1.165, 1.54) is 4.90 Å². The summed E-state index contributed by atoms with van der Waals surface area (Å²) in [5, 5.41) is 2.89. The molecule has 2 bridgehead atoms. The van der Waals surface area contributed by atoms with Gasteiger partial charge in [-0.15, -0.1) is 0 Å². The number of allylic oxidation sites excluding steroid dienone is 2. The molecule has 4 atom stereocenters. The molecule has 0 aromatic heterocycles. The zero-order valence-electron chi connectivity index (χ0n) is 16.5. The van der Waals surface area contributed by atoms with E-state index in [1.54, 1.807) is 6.07 Å². The van der Waals surface area contributed by atoms with Gasteiger partial charge in [0.25, 0.3) is 0 Å². The molecule has 1 N–H and O–H groups in total. The highest BCUT2D eigenvalue weighted by atomic mass is 79.9. The summed E-state index contributed by atoms with van der Waals surface area (Å²) in [5.41, 5.74) is 1.20. The molecule has 1 unspecified atom stereocenters. The van der Waals surface area contributed by atoms with Crippen LogP contribution in [0.1, 0.15) is 18.4 Å². The number of anilines is 2. The van der Waals surface area contributed by atoms with Crippen LogP contribution in [0.15, 0.2) is 65.2 Å². The summed E-state index contributed by atoms with van der Waals surface area (Å²) in [6, 6.07) is 14.7. The van der Waals surface area contributed by atoms with Gasteiger partial charge in [0.15, 0.2) is 0 Å². The van der Waals surface area contributed by atoms with E-state index in [4.69, 9.17) is 0 Å². The Hall–Kier alpha value is -2.73. The van der Waals surface area contributed by atoms with Crippen molar-refractivity contribution in [2.45, 2.75) is 19.8 Å². The van der Waals surface area contributed by atoms with Crippen LogP contribution >= 0.6 is 15.9 Å². The molecule has 1 heterocycles. The van der Waals surface area contributed by atoms with Gasteiger partial charge < -0.3 is 5.32 Å². The molecule has 152 valence electrons. The quantitative estimate of drug-likeness (QED) is 0.536. The molecule has 1 saturated heterocycles. The fourth-order valence-corrected chi connectivity index (χ4v) is 5.68. The molecule has 2 fully saturated rings. The third kappa shape index (κ3) is 2.70. The van der Waals surface area contributed by atoms with Crippen LogP contribution in [0.2, 0.25) is 0 Å². The molecule has 30 heavy (non-hydrogen) atoms. The number of aryl methyl sites for hydroxylation is 1. The third-order valence-electron chi connectivity index (χ3n) is 6.76. The monoisotopic (exact) mass is 464 g/mol. The molecule has 2 aliphatic carbocycles. The van der Waals surface area contributed by atoms with Gasteiger partial charge in [-0.05, 0) is 61.1 Å². The normalized spacial score (nSPS) is 28.9. The highest BCUT2D eigenvalue weighted by Crippen LogP contribution is 2.62. The van der Waals surface area contributed by atoms with Crippen LogP contribution in [0.3, 0.4) is 0 Å². The first-order chi connectivity index (χ1) is 14.4. The maximum absolute atomic E-state index is 13.8. The zero-order chi connectivity index (χ0) is 21.0. The predicted octanol–water partition coefficient (Wildman–Crippen LogP) is 4.47. The number of amides is 3. The second kappa shape index (κ2) is 6.91. The first kappa shape index (κ1) is 19.2. The summed E-state index contributed by atoms with van der Waals surface area (Å²) in [6.07, 6.45) is 4.84. The van der Waals surface area contributed by atoms with Gasteiger partial charge in [0, 0.05) is 16.6 Å². The number of carbonyl (C=O) groups is 3. The number of hydrogen-bond donors (Lipinski definition) is 1. The van der Waals surface area contributed by atoms with Crippen molar-refractivity contribution >= 4 is 45.0 Å². The molecule has 0 radical (unpaired) electrons. The number of benzene rings is 2. The second-order valence-corrected chi connectivity index (χ2v) is 9.27. The van der Waals surface area contributed by atoms with Gasteiger partial charge in [0.1, 0.15) is 0 Å². The molecule has 2 aromatic rings. The predicted molar refractivity (Wildman–Crippen MR) is 118 cm³/mol. The van der Waals surface area contributed by atoms with Gasteiger partial charge >= 0.3 is 0 Å². The minimum absolute atomic E-state index is 0.00858. The van der Waals surface area contributed by atoms with Gasteiger partial charge in [-0.3, -0.25) is 14.4 Å². The van der Waals surface area contributed by atoms with Crippen molar-refractivity contribution in [2.24, 2.45) is 23.2 Å². The summed E-state index contributed by atoms with van der Waals surface area (Å²) in [6.45, 7) is 1.92. The Morgan fingerprint density at radius 2 is 1.93 bits per heavy atom. The largest absolute Gasteiger partial charge is 0.326 e. The van der Waals surface area contributed by atoms with Crippen LogP contribution in [-0.2, 0) is 14.4 Å². The maximum atomic E-state index is 13.8. The van der Waals surface area contributed by atoms with Crippen LogP contribution in [0, 0.1) is 30.1 Å². The number of hydrogen-bond acceptors (Lipinski definition) is 3. The topological polar surface area (TPSA) is 66.5 Å². The number of nitrogens with one attached hydrogen (secondary N) is 1. The Morgan fingerprint density at radius 1 is 1.17 bits per heavy atom. The van der Waals surface area contributed by atoms with Crippen molar-refractivity contribution in [1.29, 1.82) is 0 Å². The molecule has 3 amide bonds. The Labute approximate surface area is 183 Å². The highest BCUT2D eigenvalue weighted by Gasteiger charge is 2.70. The molecule has 6 heteroatoms. The zero-order valence-corrected chi connectivity index (χ0v) is 18.1. The van der Waals surface area contributed by atoms with E-state index in [2.05, 4.69) is 21.2 Å². The van der Waals surface area contributed by atoms with Crippen LogP contribution < -0.4 is 10.2 Å². The summed E-state index contributed by atoms with van der Waals surface area (Å²) in [4.78, 5) is 41.5. The van der Waals surface area contributed by atoms with E-state index in [9.17, 15) is 14.4 Å². The standard InChI is InChI=1S/C24H21BrN2O3/c1-14-11-18(9-10-19(14)25)27-22(29)21-15-7-8-16(12-15)24(21,23(27)30)13-20(28)26-17-5-3-2-4-6-17/h2-11,15-16,21H,12-13H2,1H3,(H,26,28)/t15-,16+,21+,24?/m1/s1. The lowest BCUT2D eigenvalue weighted by Gasteiger charge is -2.32. The van der Waals surface area contributed by atoms with Crippen LogP contribution in [-0.4, -0.2) is 17.7 Å². The fraction of sp³-hybridized carbons (Fsp3) is 0.292. The lowest BCUT2D eigenvalue weighted by Crippen LogP contribution is -2.43. The van der Waals surface area contributed by atoms with Gasteiger partial charge in [0.05, 0.1) is 17.0 Å². The number of fused-ring (bicyclic) bond motifs is 5. The van der Waals surface area contributed by atoms with E-state index in [1.807, 2.05) is 61.5 Å². The van der Waals surface area contributed by atoms with Gasteiger partial charge in [-0.1, -0.05) is 46.3 Å². The molecule has 2 aromatic carbocycles. The third-order valence-corrected chi connectivity index (χ3v) is 7.65. The Bertz CT molecular complexity index is 1100. The lowest BCUT2D eigenvalue weighted by molar-refractivity contribution is -0.133. The number of carbonyl (C=O) groups excluding carboxylic acids is 3.